The largest absolute Gasteiger partial charge is 0.444 e. The molecule has 0 spiro atoms. The Hall–Kier alpha value is -2.61. The third kappa shape index (κ3) is 4.90. The highest BCUT2D eigenvalue weighted by atomic mass is 16.6. The van der Waals surface area contributed by atoms with Gasteiger partial charge in [-0.15, -0.1) is 0 Å². The van der Waals surface area contributed by atoms with Gasteiger partial charge in [0.15, 0.2) is 0 Å². The third-order valence-corrected chi connectivity index (χ3v) is 6.10. The molecule has 176 valence electrons. The number of rotatable bonds is 5. The van der Waals surface area contributed by atoms with Gasteiger partial charge in [-0.25, -0.2) is 14.5 Å². The van der Waals surface area contributed by atoms with Gasteiger partial charge in [-0.3, -0.25) is 4.79 Å². The number of hydrogen-bond acceptors (Lipinski definition) is 6. The SMILES string of the molecule is COC([C@@H](C)C(=O)N1C(=O)OC(c2ccccc2)[C@H]1C)[C@@H]1CCCN1C(=O)OC(C)(C)C. The topological polar surface area (TPSA) is 85.4 Å². The van der Waals surface area contributed by atoms with Crippen LogP contribution in [0.1, 0.15) is 59.1 Å². The van der Waals surface area contributed by atoms with E-state index >= 15 is 0 Å². The lowest BCUT2D eigenvalue weighted by Gasteiger charge is -2.35. The number of carbonyl (C=O) groups excluding carboxylic acids is 3. The Morgan fingerprint density at radius 1 is 1.19 bits per heavy atom. The first-order valence-electron chi connectivity index (χ1n) is 11.2. The van der Waals surface area contributed by atoms with Gasteiger partial charge in [0.2, 0.25) is 5.91 Å². The normalized spacial score (nSPS) is 25.4. The van der Waals surface area contributed by atoms with Crippen molar-refractivity contribution < 1.29 is 28.6 Å². The van der Waals surface area contributed by atoms with Crippen LogP contribution in [0.15, 0.2) is 30.3 Å². The average Bonchev–Trinajstić information content (AvgIpc) is 3.32. The summed E-state index contributed by atoms with van der Waals surface area (Å²) in [5.74, 6) is -1.03. The van der Waals surface area contributed by atoms with E-state index in [1.165, 1.54) is 12.0 Å². The summed E-state index contributed by atoms with van der Waals surface area (Å²) >= 11 is 0. The van der Waals surface area contributed by atoms with Crippen LogP contribution in [0, 0.1) is 5.92 Å². The molecule has 3 amide bonds. The van der Waals surface area contributed by atoms with Gasteiger partial charge in [-0.05, 0) is 46.1 Å². The predicted octanol–water partition coefficient (Wildman–Crippen LogP) is 4.15. The van der Waals surface area contributed by atoms with Gasteiger partial charge >= 0.3 is 12.2 Å². The number of methoxy groups -OCH3 is 1. The van der Waals surface area contributed by atoms with Gasteiger partial charge in [0.1, 0.15) is 11.7 Å². The zero-order valence-electron chi connectivity index (χ0n) is 19.7. The Morgan fingerprint density at radius 3 is 2.44 bits per heavy atom. The molecule has 8 nitrogen and oxygen atoms in total. The molecule has 0 aromatic heterocycles. The van der Waals surface area contributed by atoms with Gasteiger partial charge in [0.25, 0.3) is 0 Å². The zero-order valence-corrected chi connectivity index (χ0v) is 19.7. The lowest BCUT2D eigenvalue weighted by Crippen LogP contribution is -2.52. The van der Waals surface area contributed by atoms with Gasteiger partial charge in [0.05, 0.1) is 24.1 Å². The van der Waals surface area contributed by atoms with Crippen molar-refractivity contribution in [2.75, 3.05) is 13.7 Å². The fraction of sp³-hybridized carbons (Fsp3) is 0.625. The minimum atomic E-state index is -0.659. The zero-order chi connectivity index (χ0) is 23.6. The van der Waals surface area contributed by atoms with E-state index in [0.29, 0.717) is 13.0 Å². The van der Waals surface area contributed by atoms with Crippen molar-refractivity contribution in [3.63, 3.8) is 0 Å². The fourth-order valence-corrected chi connectivity index (χ4v) is 4.58. The van der Waals surface area contributed by atoms with Crippen LogP contribution in [0.2, 0.25) is 0 Å². The van der Waals surface area contributed by atoms with Crippen molar-refractivity contribution in [1.29, 1.82) is 0 Å². The Kier molecular flexibility index (Phi) is 7.12. The molecule has 2 saturated heterocycles. The van der Waals surface area contributed by atoms with E-state index in [2.05, 4.69) is 0 Å². The summed E-state index contributed by atoms with van der Waals surface area (Å²) in [6.45, 7) is 9.53. The van der Waals surface area contributed by atoms with E-state index in [1.54, 1.807) is 18.7 Å². The van der Waals surface area contributed by atoms with Gasteiger partial charge in [-0.2, -0.15) is 0 Å². The molecule has 3 rings (SSSR count). The molecule has 0 saturated carbocycles. The number of likely N-dealkylation sites (tertiary alicyclic amines) is 1. The Morgan fingerprint density at radius 2 is 1.84 bits per heavy atom. The average molecular weight is 447 g/mol. The summed E-state index contributed by atoms with van der Waals surface area (Å²) in [6.07, 6.45) is -0.683. The molecule has 8 heteroatoms. The summed E-state index contributed by atoms with van der Waals surface area (Å²) < 4.78 is 16.8. The van der Waals surface area contributed by atoms with E-state index in [9.17, 15) is 14.4 Å². The highest BCUT2D eigenvalue weighted by Crippen LogP contribution is 2.35. The van der Waals surface area contributed by atoms with Crippen molar-refractivity contribution in [1.82, 2.24) is 9.80 Å². The van der Waals surface area contributed by atoms with Crippen LogP contribution in [-0.2, 0) is 19.0 Å². The number of imide groups is 1. The second kappa shape index (κ2) is 9.48. The number of amides is 3. The van der Waals surface area contributed by atoms with Crippen LogP contribution < -0.4 is 0 Å². The smallest absolute Gasteiger partial charge is 0.417 e. The first-order chi connectivity index (χ1) is 15.0. The summed E-state index contributed by atoms with van der Waals surface area (Å²) in [5.41, 5.74) is 0.224. The minimum absolute atomic E-state index is 0.312. The molecule has 0 radical (unpaired) electrons. The molecule has 2 unspecified atom stereocenters. The molecule has 0 N–H and O–H groups in total. The van der Waals surface area contributed by atoms with Crippen LogP contribution in [-0.4, -0.2) is 65.3 Å². The van der Waals surface area contributed by atoms with Crippen molar-refractivity contribution >= 4 is 18.1 Å². The molecule has 0 aliphatic carbocycles. The number of carbonyl (C=O) groups is 3. The first-order valence-corrected chi connectivity index (χ1v) is 11.2. The lowest BCUT2D eigenvalue weighted by molar-refractivity contribution is -0.139. The van der Waals surface area contributed by atoms with E-state index in [-0.39, 0.29) is 11.9 Å². The molecular formula is C24H34N2O6. The molecule has 2 aliphatic rings. The van der Waals surface area contributed by atoms with Crippen molar-refractivity contribution in [2.45, 2.75) is 77.4 Å². The van der Waals surface area contributed by atoms with Gasteiger partial charge < -0.3 is 19.1 Å². The maximum absolute atomic E-state index is 13.4. The molecule has 1 aromatic rings. The molecular weight excluding hydrogens is 412 g/mol. The molecule has 0 bridgehead atoms. The first kappa shape index (κ1) is 24.0. The summed E-state index contributed by atoms with van der Waals surface area (Å²) in [6, 6.07) is 8.61. The van der Waals surface area contributed by atoms with Crippen LogP contribution in [0.3, 0.4) is 0 Å². The van der Waals surface area contributed by atoms with E-state index in [1.807, 2.05) is 51.1 Å². The van der Waals surface area contributed by atoms with Gasteiger partial charge in [-0.1, -0.05) is 37.3 Å². The number of benzene rings is 1. The van der Waals surface area contributed by atoms with E-state index in [4.69, 9.17) is 14.2 Å². The number of cyclic esters (lactones) is 1. The van der Waals surface area contributed by atoms with Crippen molar-refractivity contribution in [3.8, 4) is 0 Å². The summed E-state index contributed by atoms with van der Waals surface area (Å²) in [7, 11) is 1.53. The quantitative estimate of drug-likeness (QED) is 0.676. The van der Waals surface area contributed by atoms with Crippen LogP contribution >= 0.6 is 0 Å². The Labute approximate surface area is 189 Å². The van der Waals surface area contributed by atoms with Crippen LogP contribution in [0.5, 0.6) is 0 Å². The summed E-state index contributed by atoms with van der Waals surface area (Å²) in [5, 5.41) is 0. The molecule has 2 heterocycles. The van der Waals surface area contributed by atoms with Crippen molar-refractivity contribution in [2.24, 2.45) is 5.92 Å². The van der Waals surface area contributed by atoms with Crippen LogP contribution in [0.4, 0.5) is 9.59 Å². The predicted molar refractivity (Wildman–Crippen MR) is 118 cm³/mol. The van der Waals surface area contributed by atoms with Crippen LogP contribution in [0.25, 0.3) is 0 Å². The molecule has 1 aromatic carbocycles. The molecule has 5 atom stereocenters. The summed E-state index contributed by atoms with van der Waals surface area (Å²) in [4.78, 5) is 41.6. The molecule has 32 heavy (non-hydrogen) atoms. The fourth-order valence-electron chi connectivity index (χ4n) is 4.58. The maximum atomic E-state index is 13.4. The number of hydrogen-bond donors (Lipinski definition) is 0. The standard InChI is InChI=1S/C24H34N2O6/c1-15(19(30-6)18-13-10-14-25(18)22(28)32-24(3,4)5)21(27)26-16(2)20(31-23(26)29)17-11-8-7-9-12-17/h7-9,11-12,15-16,18-20H,10,13-14H2,1-6H3/t15-,16-,18+,19?,20?/m1/s1. The molecule has 2 aliphatic heterocycles. The van der Waals surface area contributed by atoms with Crippen molar-refractivity contribution in [3.05, 3.63) is 35.9 Å². The highest BCUT2D eigenvalue weighted by molar-refractivity contribution is 5.95. The second-order valence-corrected chi connectivity index (χ2v) is 9.54. The Balaban J connectivity index is 1.76. The molecule has 2 fully saturated rings. The number of ether oxygens (including phenoxy) is 3. The van der Waals surface area contributed by atoms with Gasteiger partial charge in [0, 0.05) is 13.7 Å². The second-order valence-electron chi connectivity index (χ2n) is 9.54. The highest BCUT2D eigenvalue weighted by Gasteiger charge is 2.48. The monoisotopic (exact) mass is 446 g/mol. The Bertz CT molecular complexity index is 837. The third-order valence-electron chi connectivity index (χ3n) is 6.10. The number of nitrogens with zero attached hydrogens (tertiary/aromatic N) is 2. The maximum Gasteiger partial charge on any atom is 0.417 e. The lowest BCUT2D eigenvalue weighted by atomic mass is 9.93. The van der Waals surface area contributed by atoms with E-state index in [0.717, 1.165) is 12.0 Å². The minimum Gasteiger partial charge on any atom is -0.444 e. The van der Waals surface area contributed by atoms with E-state index < -0.39 is 42.0 Å².